The molecule has 3 aromatic carbocycles. The average Bonchev–Trinajstić information content (AvgIpc) is 2.70. The molecule has 0 fully saturated rings. The lowest BCUT2D eigenvalue weighted by Crippen LogP contribution is -1.95. The monoisotopic (exact) mass is 335 g/mol. The van der Waals surface area contributed by atoms with Crippen molar-refractivity contribution in [2.75, 3.05) is 0 Å². The number of hydrogen-bond acceptors (Lipinski definition) is 4. The van der Waals surface area contributed by atoms with Gasteiger partial charge in [-0.3, -0.25) is 0 Å². The van der Waals surface area contributed by atoms with E-state index in [-0.39, 0.29) is 0 Å². The molecule has 3 rings (SSSR count). The van der Waals surface area contributed by atoms with Crippen LogP contribution in [-0.2, 0) is 0 Å². The standard InChI is InChI=1S/C21H11N4O/c22-12-15-4-7-19(8-5-15)26-21-11-17(14-24)6-9-20(21)25-18-3-1-2-16(10-18)13-23/h1-11H. The van der Waals surface area contributed by atoms with E-state index in [2.05, 4.69) is 17.5 Å². The van der Waals surface area contributed by atoms with Crippen molar-refractivity contribution in [3.8, 4) is 29.7 Å². The summed E-state index contributed by atoms with van der Waals surface area (Å²) in [6.45, 7) is 0. The summed E-state index contributed by atoms with van der Waals surface area (Å²) in [4.78, 5) is 0. The molecule has 0 saturated carbocycles. The van der Waals surface area contributed by atoms with Gasteiger partial charge in [0.2, 0.25) is 0 Å². The highest BCUT2D eigenvalue weighted by atomic mass is 16.5. The number of benzene rings is 3. The zero-order valence-corrected chi connectivity index (χ0v) is 13.5. The summed E-state index contributed by atoms with van der Waals surface area (Å²) in [5.74, 6) is 0.942. The van der Waals surface area contributed by atoms with Gasteiger partial charge >= 0.3 is 0 Å². The van der Waals surface area contributed by atoms with Crippen molar-refractivity contribution >= 4 is 11.4 Å². The second kappa shape index (κ2) is 7.53. The molecule has 0 aliphatic heterocycles. The molecule has 5 heteroatoms. The summed E-state index contributed by atoms with van der Waals surface area (Å²) in [5, 5.41) is 31.5. The molecule has 0 heterocycles. The van der Waals surface area contributed by atoms with Crippen LogP contribution in [-0.4, -0.2) is 0 Å². The number of nitrogens with zero attached hydrogens (tertiary/aromatic N) is 4. The molecule has 0 spiro atoms. The molecule has 1 radical (unpaired) electrons. The fraction of sp³-hybridized carbons (Fsp3) is 0. The molecule has 121 valence electrons. The zero-order valence-electron chi connectivity index (χ0n) is 13.5. The van der Waals surface area contributed by atoms with Gasteiger partial charge in [-0.15, -0.1) is 0 Å². The summed E-state index contributed by atoms with van der Waals surface area (Å²) in [6.07, 6.45) is 0. The quantitative estimate of drug-likeness (QED) is 0.692. The first-order valence-electron chi connectivity index (χ1n) is 7.66. The molecular weight excluding hydrogens is 324 g/mol. The van der Waals surface area contributed by atoms with Gasteiger partial charge in [-0.2, -0.15) is 15.8 Å². The molecular formula is C21H11N4O. The van der Waals surface area contributed by atoms with E-state index >= 15 is 0 Å². The van der Waals surface area contributed by atoms with Crippen LogP contribution in [0.1, 0.15) is 16.7 Å². The van der Waals surface area contributed by atoms with Crippen molar-refractivity contribution in [2.45, 2.75) is 0 Å². The van der Waals surface area contributed by atoms with E-state index in [1.165, 1.54) is 0 Å². The van der Waals surface area contributed by atoms with Crippen molar-refractivity contribution in [1.29, 1.82) is 15.8 Å². The first kappa shape index (κ1) is 16.6. The predicted molar refractivity (Wildman–Crippen MR) is 95.0 cm³/mol. The molecule has 0 aromatic heterocycles. The van der Waals surface area contributed by atoms with Crippen LogP contribution in [0.15, 0.2) is 66.7 Å². The summed E-state index contributed by atoms with van der Waals surface area (Å²) in [6, 6.07) is 24.7. The fourth-order valence-electron chi connectivity index (χ4n) is 2.27. The summed E-state index contributed by atoms with van der Waals surface area (Å²) in [5.41, 5.74) is 2.62. The van der Waals surface area contributed by atoms with Crippen LogP contribution in [0.2, 0.25) is 0 Å². The number of rotatable bonds is 4. The minimum Gasteiger partial charge on any atom is -0.455 e. The zero-order chi connectivity index (χ0) is 18.4. The van der Waals surface area contributed by atoms with Crippen molar-refractivity contribution in [2.24, 2.45) is 0 Å². The van der Waals surface area contributed by atoms with Gasteiger partial charge in [0.05, 0.1) is 40.6 Å². The van der Waals surface area contributed by atoms with E-state index < -0.39 is 0 Å². The van der Waals surface area contributed by atoms with E-state index in [0.29, 0.717) is 39.6 Å². The third-order valence-corrected chi connectivity index (χ3v) is 3.52. The van der Waals surface area contributed by atoms with Crippen molar-refractivity contribution in [1.82, 2.24) is 5.32 Å². The lowest BCUT2D eigenvalue weighted by atomic mass is 10.1. The van der Waals surface area contributed by atoms with Gasteiger partial charge in [-0.05, 0) is 54.6 Å². The minimum absolute atomic E-state index is 0.413. The molecule has 0 aliphatic carbocycles. The number of hydrogen-bond donors (Lipinski definition) is 0. The minimum atomic E-state index is 0.413. The molecule has 5 nitrogen and oxygen atoms in total. The highest BCUT2D eigenvalue weighted by Gasteiger charge is 2.10. The van der Waals surface area contributed by atoms with Gasteiger partial charge in [0.25, 0.3) is 0 Å². The smallest absolute Gasteiger partial charge is 0.154 e. The molecule has 0 bridgehead atoms. The Morgan fingerprint density at radius 1 is 0.692 bits per heavy atom. The molecule has 0 amide bonds. The van der Waals surface area contributed by atoms with Gasteiger partial charge in [-0.1, -0.05) is 6.07 Å². The molecule has 0 saturated heterocycles. The van der Waals surface area contributed by atoms with Gasteiger partial charge in [0.15, 0.2) is 5.75 Å². The number of ether oxygens (including phenoxy) is 1. The average molecular weight is 335 g/mol. The second-order valence-electron chi connectivity index (χ2n) is 5.31. The Bertz CT molecular complexity index is 1070. The van der Waals surface area contributed by atoms with E-state index in [4.69, 9.17) is 20.5 Å². The molecule has 0 aliphatic rings. The molecule has 3 aromatic rings. The van der Waals surface area contributed by atoms with Crippen LogP contribution < -0.4 is 10.1 Å². The van der Waals surface area contributed by atoms with E-state index in [9.17, 15) is 0 Å². The topological polar surface area (TPSA) is 94.7 Å². The Morgan fingerprint density at radius 2 is 1.35 bits per heavy atom. The van der Waals surface area contributed by atoms with Crippen LogP contribution in [0.3, 0.4) is 0 Å². The lowest BCUT2D eigenvalue weighted by molar-refractivity contribution is 0.482. The van der Waals surface area contributed by atoms with Crippen LogP contribution in [0.5, 0.6) is 11.5 Å². The highest BCUT2D eigenvalue weighted by molar-refractivity contribution is 5.61. The highest BCUT2D eigenvalue weighted by Crippen LogP contribution is 2.33. The Hall–Kier alpha value is -4.27. The predicted octanol–water partition coefficient (Wildman–Crippen LogP) is 4.66. The Morgan fingerprint density at radius 3 is 2.04 bits per heavy atom. The van der Waals surface area contributed by atoms with Crippen LogP contribution in [0.25, 0.3) is 0 Å². The van der Waals surface area contributed by atoms with Crippen molar-refractivity contribution in [3.63, 3.8) is 0 Å². The molecule has 26 heavy (non-hydrogen) atoms. The van der Waals surface area contributed by atoms with Gasteiger partial charge in [0.1, 0.15) is 11.4 Å². The Balaban J connectivity index is 1.93. The van der Waals surface area contributed by atoms with Crippen LogP contribution in [0.4, 0.5) is 11.4 Å². The summed E-state index contributed by atoms with van der Waals surface area (Å²) >= 11 is 0. The first-order chi connectivity index (χ1) is 12.7. The first-order valence-corrected chi connectivity index (χ1v) is 7.66. The van der Waals surface area contributed by atoms with Gasteiger partial charge in [-0.25, -0.2) is 5.32 Å². The van der Waals surface area contributed by atoms with Crippen molar-refractivity contribution in [3.05, 3.63) is 83.4 Å². The van der Waals surface area contributed by atoms with E-state index in [1.54, 1.807) is 66.7 Å². The maximum Gasteiger partial charge on any atom is 0.154 e. The number of nitriles is 3. The maximum absolute atomic E-state index is 9.14. The van der Waals surface area contributed by atoms with Crippen LogP contribution in [0, 0.1) is 34.0 Å². The Kier molecular flexibility index (Phi) is 4.80. The third kappa shape index (κ3) is 3.79. The molecule has 0 atom stereocenters. The second-order valence-corrected chi connectivity index (χ2v) is 5.31. The van der Waals surface area contributed by atoms with E-state index in [0.717, 1.165) is 0 Å². The van der Waals surface area contributed by atoms with E-state index in [1.807, 2.05) is 6.07 Å². The molecule has 0 N–H and O–H groups in total. The Labute approximate surface area is 150 Å². The van der Waals surface area contributed by atoms with Gasteiger partial charge < -0.3 is 4.74 Å². The SMILES string of the molecule is N#Cc1ccc(Oc2cc(C#N)ccc2[N]c2cccc(C#N)c2)cc1. The normalized spacial score (nSPS) is 9.42. The van der Waals surface area contributed by atoms with Crippen LogP contribution >= 0.6 is 0 Å². The lowest BCUT2D eigenvalue weighted by Gasteiger charge is -2.12. The maximum atomic E-state index is 9.14. The summed E-state index contributed by atoms with van der Waals surface area (Å²) in [7, 11) is 0. The largest absolute Gasteiger partial charge is 0.455 e. The van der Waals surface area contributed by atoms with Gasteiger partial charge in [0, 0.05) is 6.07 Å². The fourth-order valence-corrected chi connectivity index (χ4v) is 2.27. The molecule has 0 unspecified atom stereocenters. The third-order valence-electron chi connectivity index (χ3n) is 3.52. The summed E-state index contributed by atoms with van der Waals surface area (Å²) < 4.78 is 5.86. The van der Waals surface area contributed by atoms with Crippen molar-refractivity contribution < 1.29 is 4.74 Å².